The molecule has 0 aliphatic carbocycles. The predicted octanol–water partition coefficient (Wildman–Crippen LogP) is 3.13. The van der Waals surface area contributed by atoms with E-state index in [0.717, 1.165) is 0 Å². The maximum absolute atomic E-state index is 12.3. The first-order valence-electron chi connectivity index (χ1n) is 7.47. The van der Waals surface area contributed by atoms with Crippen molar-refractivity contribution >= 4 is 11.6 Å². The van der Waals surface area contributed by atoms with Gasteiger partial charge in [-0.05, 0) is 36.4 Å². The Morgan fingerprint density at radius 1 is 1.23 bits per heavy atom. The number of methoxy groups -OCH3 is 1. The van der Waals surface area contributed by atoms with Crippen molar-refractivity contribution < 1.29 is 23.0 Å². The lowest BCUT2D eigenvalue weighted by Gasteiger charge is -2.11. The van der Waals surface area contributed by atoms with Crippen LogP contribution in [0.3, 0.4) is 0 Å². The second-order valence-corrected chi connectivity index (χ2v) is 5.05. The molecule has 0 aliphatic heterocycles. The zero-order valence-electron chi connectivity index (χ0n) is 13.6. The van der Waals surface area contributed by atoms with Crippen molar-refractivity contribution in [3.8, 4) is 17.3 Å². The molecule has 1 aromatic carbocycles. The highest BCUT2D eigenvalue weighted by atomic mass is 19.3. The molecular weight excluding hydrogens is 346 g/mol. The Morgan fingerprint density at radius 3 is 2.69 bits per heavy atom. The number of rotatable bonds is 6. The molecule has 2 heterocycles. The maximum Gasteiger partial charge on any atom is 0.387 e. The number of nitrogens with zero attached hydrogens (tertiary/aromatic N) is 3. The summed E-state index contributed by atoms with van der Waals surface area (Å²) in [7, 11) is 1.30. The van der Waals surface area contributed by atoms with Gasteiger partial charge in [-0.15, -0.1) is 0 Å². The highest BCUT2D eigenvalue weighted by molar-refractivity contribution is 6.04. The minimum absolute atomic E-state index is 0.0325. The molecular formula is C17H14F2N4O3. The van der Waals surface area contributed by atoms with E-state index in [1.807, 2.05) is 0 Å². The Balaban J connectivity index is 1.73. The minimum Gasteiger partial charge on any atom is -0.493 e. The van der Waals surface area contributed by atoms with Gasteiger partial charge in [0.1, 0.15) is 0 Å². The second-order valence-electron chi connectivity index (χ2n) is 5.05. The van der Waals surface area contributed by atoms with E-state index in [0.29, 0.717) is 11.5 Å². The summed E-state index contributed by atoms with van der Waals surface area (Å²) in [6.07, 6.45) is 4.86. The monoisotopic (exact) mass is 360 g/mol. The first kappa shape index (κ1) is 17.3. The molecule has 0 atom stereocenters. The smallest absolute Gasteiger partial charge is 0.387 e. The highest BCUT2D eigenvalue weighted by Crippen LogP contribution is 2.29. The highest BCUT2D eigenvalue weighted by Gasteiger charge is 2.14. The summed E-state index contributed by atoms with van der Waals surface area (Å²) in [6.45, 7) is -2.98. The Kier molecular flexibility index (Phi) is 5.07. The molecule has 0 bridgehead atoms. The third-order valence-corrected chi connectivity index (χ3v) is 3.39. The van der Waals surface area contributed by atoms with Crippen molar-refractivity contribution in [3.63, 3.8) is 0 Å². The summed E-state index contributed by atoms with van der Waals surface area (Å²) in [5, 5.41) is 6.73. The first-order chi connectivity index (χ1) is 12.6. The molecule has 0 saturated heterocycles. The molecule has 0 saturated carbocycles. The maximum atomic E-state index is 12.3. The van der Waals surface area contributed by atoms with Gasteiger partial charge in [0.15, 0.2) is 17.3 Å². The van der Waals surface area contributed by atoms with Crippen LogP contribution in [0.1, 0.15) is 10.4 Å². The average Bonchev–Trinajstić information content (AvgIpc) is 3.17. The van der Waals surface area contributed by atoms with E-state index < -0.39 is 12.5 Å². The first-order valence-corrected chi connectivity index (χ1v) is 7.47. The summed E-state index contributed by atoms with van der Waals surface area (Å²) in [5.41, 5.74) is 0.692. The molecule has 1 N–H and O–H groups in total. The summed E-state index contributed by atoms with van der Waals surface area (Å²) in [6, 6.07) is 9.07. The van der Waals surface area contributed by atoms with Crippen molar-refractivity contribution in [1.82, 2.24) is 14.8 Å². The number of alkyl halides is 2. The van der Waals surface area contributed by atoms with Crippen LogP contribution >= 0.6 is 0 Å². The molecule has 134 valence electrons. The van der Waals surface area contributed by atoms with Gasteiger partial charge in [-0.3, -0.25) is 4.79 Å². The fourth-order valence-electron chi connectivity index (χ4n) is 2.21. The molecule has 1 amide bonds. The van der Waals surface area contributed by atoms with Gasteiger partial charge in [-0.2, -0.15) is 13.9 Å². The van der Waals surface area contributed by atoms with E-state index in [1.54, 1.807) is 35.3 Å². The zero-order valence-corrected chi connectivity index (χ0v) is 13.6. The number of benzene rings is 1. The van der Waals surface area contributed by atoms with Crippen molar-refractivity contribution in [2.75, 3.05) is 12.4 Å². The van der Waals surface area contributed by atoms with Gasteiger partial charge >= 0.3 is 6.61 Å². The topological polar surface area (TPSA) is 78.3 Å². The molecule has 3 rings (SSSR count). The molecule has 0 radical (unpaired) electrons. The fourth-order valence-corrected chi connectivity index (χ4v) is 2.21. The number of ether oxygens (including phenoxy) is 2. The molecule has 0 unspecified atom stereocenters. The third-order valence-electron chi connectivity index (χ3n) is 3.39. The van der Waals surface area contributed by atoms with Gasteiger partial charge in [-0.25, -0.2) is 9.67 Å². The summed E-state index contributed by atoms with van der Waals surface area (Å²) >= 11 is 0. The van der Waals surface area contributed by atoms with Gasteiger partial charge in [0.25, 0.3) is 5.91 Å². The van der Waals surface area contributed by atoms with Crippen molar-refractivity contribution in [2.24, 2.45) is 0 Å². The molecule has 7 nitrogen and oxygen atoms in total. The Hall–Kier alpha value is -3.49. The Bertz CT molecular complexity index is 884. The molecule has 0 aliphatic rings. The van der Waals surface area contributed by atoms with Crippen LogP contribution in [0.4, 0.5) is 14.5 Å². The van der Waals surface area contributed by atoms with E-state index in [9.17, 15) is 13.6 Å². The van der Waals surface area contributed by atoms with E-state index in [4.69, 9.17) is 4.74 Å². The van der Waals surface area contributed by atoms with Crippen LogP contribution in [-0.4, -0.2) is 34.4 Å². The Labute approximate surface area is 147 Å². The number of pyridine rings is 1. The predicted molar refractivity (Wildman–Crippen MR) is 88.9 cm³/mol. The van der Waals surface area contributed by atoms with Gasteiger partial charge in [0.2, 0.25) is 0 Å². The number of carbonyl (C=O) groups is 1. The number of hydrogen-bond acceptors (Lipinski definition) is 5. The molecule has 3 aromatic rings. The molecule has 0 spiro atoms. The van der Waals surface area contributed by atoms with Crippen LogP contribution in [0.2, 0.25) is 0 Å². The lowest BCUT2D eigenvalue weighted by molar-refractivity contribution is -0.0512. The molecule has 2 aromatic heterocycles. The lowest BCUT2D eigenvalue weighted by atomic mass is 10.2. The number of halogens is 2. The molecule has 26 heavy (non-hydrogen) atoms. The van der Waals surface area contributed by atoms with Crippen LogP contribution in [0, 0.1) is 0 Å². The molecule has 9 heteroatoms. The van der Waals surface area contributed by atoms with Gasteiger partial charge in [0.05, 0.1) is 19.0 Å². The lowest BCUT2D eigenvalue weighted by Crippen LogP contribution is -2.13. The van der Waals surface area contributed by atoms with E-state index in [2.05, 4.69) is 20.1 Å². The number of amides is 1. The number of anilines is 1. The van der Waals surface area contributed by atoms with Gasteiger partial charge in [0, 0.05) is 18.0 Å². The number of carbonyl (C=O) groups excluding carboxylic acids is 1. The SMILES string of the molecule is COc1cc(C(=O)Nc2ccc(-n3cccn3)nc2)ccc1OC(F)F. The standard InChI is InChI=1S/C17H14F2N4O3/c1-25-14-9-11(3-5-13(14)26-17(18)19)16(24)22-12-4-6-15(20-10-12)23-8-2-7-21-23/h2-10,17H,1H3,(H,22,24). The zero-order chi connectivity index (χ0) is 18.5. The average molecular weight is 360 g/mol. The van der Waals surface area contributed by atoms with Crippen LogP contribution in [0.25, 0.3) is 5.82 Å². The third kappa shape index (κ3) is 3.94. The van der Waals surface area contributed by atoms with Crippen molar-refractivity contribution in [1.29, 1.82) is 0 Å². The fraction of sp³-hybridized carbons (Fsp3) is 0.118. The largest absolute Gasteiger partial charge is 0.493 e. The van der Waals surface area contributed by atoms with Crippen LogP contribution < -0.4 is 14.8 Å². The normalized spacial score (nSPS) is 10.6. The number of hydrogen-bond donors (Lipinski definition) is 1. The number of nitrogens with one attached hydrogen (secondary N) is 1. The van der Waals surface area contributed by atoms with Crippen LogP contribution in [0.5, 0.6) is 11.5 Å². The second kappa shape index (κ2) is 7.60. The van der Waals surface area contributed by atoms with E-state index in [1.165, 1.54) is 31.5 Å². The van der Waals surface area contributed by atoms with Crippen LogP contribution in [-0.2, 0) is 0 Å². The number of aromatic nitrogens is 3. The van der Waals surface area contributed by atoms with E-state index >= 15 is 0 Å². The minimum atomic E-state index is -2.98. The Morgan fingerprint density at radius 2 is 2.08 bits per heavy atom. The summed E-state index contributed by atoms with van der Waals surface area (Å²) in [4.78, 5) is 16.5. The van der Waals surface area contributed by atoms with Crippen molar-refractivity contribution in [2.45, 2.75) is 6.61 Å². The summed E-state index contributed by atoms with van der Waals surface area (Å²) in [5.74, 6) is 0.0399. The summed E-state index contributed by atoms with van der Waals surface area (Å²) < 4.78 is 35.6. The van der Waals surface area contributed by atoms with Gasteiger partial charge in [-0.1, -0.05) is 0 Å². The van der Waals surface area contributed by atoms with Gasteiger partial charge < -0.3 is 14.8 Å². The van der Waals surface area contributed by atoms with Crippen LogP contribution in [0.15, 0.2) is 55.0 Å². The molecule has 0 fully saturated rings. The van der Waals surface area contributed by atoms with Crippen molar-refractivity contribution in [3.05, 3.63) is 60.6 Å². The van der Waals surface area contributed by atoms with E-state index in [-0.39, 0.29) is 17.1 Å². The quantitative estimate of drug-likeness (QED) is 0.731.